The van der Waals surface area contributed by atoms with Crippen LogP contribution in [-0.4, -0.2) is 43.0 Å². The molecule has 1 N–H and O–H groups in total. The molecule has 1 atom stereocenters. The molecule has 0 amide bonds. The second kappa shape index (κ2) is 8.39. The van der Waals surface area contributed by atoms with E-state index in [1.807, 2.05) is 20.8 Å². The summed E-state index contributed by atoms with van der Waals surface area (Å²) in [5.41, 5.74) is -0.528. The van der Waals surface area contributed by atoms with Gasteiger partial charge < -0.3 is 4.90 Å². The van der Waals surface area contributed by atoms with Crippen molar-refractivity contribution in [2.45, 2.75) is 58.0 Å². The van der Waals surface area contributed by atoms with Gasteiger partial charge in [-0.25, -0.2) is 8.78 Å². The minimum absolute atomic E-state index is 0.205. The molecule has 0 heterocycles. The van der Waals surface area contributed by atoms with E-state index in [1.54, 1.807) is 11.9 Å². The van der Waals surface area contributed by atoms with E-state index in [4.69, 9.17) is 0 Å². The number of nitrogens with one attached hydrogen (secondary N) is 1. The lowest BCUT2D eigenvalue weighted by Crippen LogP contribution is -2.47. The lowest BCUT2D eigenvalue weighted by molar-refractivity contribution is 0.0987. The Kier molecular flexibility index (Phi) is 8.05. The first kappa shape index (κ1) is 17.3. The van der Waals surface area contributed by atoms with E-state index in [0.29, 0.717) is 13.0 Å². The first-order valence-electron chi connectivity index (χ1n) is 6.51. The van der Waals surface area contributed by atoms with Crippen LogP contribution in [0.25, 0.3) is 0 Å². The molecule has 18 heavy (non-hydrogen) atoms. The van der Waals surface area contributed by atoms with Crippen LogP contribution in [0.4, 0.5) is 8.78 Å². The van der Waals surface area contributed by atoms with Gasteiger partial charge in [-0.15, -0.1) is 0 Å². The van der Waals surface area contributed by atoms with E-state index in [2.05, 4.69) is 11.4 Å². The molecule has 0 radical (unpaired) electrons. The summed E-state index contributed by atoms with van der Waals surface area (Å²) in [7, 11) is 1.68. The lowest BCUT2D eigenvalue weighted by atomic mass is 9.91. The van der Waals surface area contributed by atoms with Crippen molar-refractivity contribution < 1.29 is 8.78 Å². The van der Waals surface area contributed by atoms with Gasteiger partial charge >= 0.3 is 0 Å². The third-order valence-corrected chi connectivity index (χ3v) is 2.98. The summed E-state index contributed by atoms with van der Waals surface area (Å²) < 4.78 is 24.3. The zero-order valence-electron chi connectivity index (χ0n) is 11.8. The Morgan fingerprint density at radius 1 is 1.39 bits per heavy atom. The minimum atomic E-state index is -2.30. The molecule has 1 unspecified atom stereocenters. The van der Waals surface area contributed by atoms with Gasteiger partial charge in [-0.3, -0.25) is 5.32 Å². The summed E-state index contributed by atoms with van der Waals surface area (Å²) in [6.07, 6.45) is -0.147. The number of alkyl halides is 2. The van der Waals surface area contributed by atoms with Crippen LogP contribution in [0.3, 0.4) is 0 Å². The van der Waals surface area contributed by atoms with Crippen molar-refractivity contribution in [1.29, 1.82) is 5.26 Å². The third-order valence-electron chi connectivity index (χ3n) is 2.98. The Morgan fingerprint density at radius 3 is 2.39 bits per heavy atom. The molecule has 106 valence electrons. The highest BCUT2D eigenvalue weighted by Crippen LogP contribution is 2.18. The molecule has 0 aromatic carbocycles. The molecular weight excluding hydrogens is 236 g/mol. The van der Waals surface area contributed by atoms with Crippen LogP contribution < -0.4 is 5.32 Å². The summed E-state index contributed by atoms with van der Waals surface area (Å²) in [5.74, 6) is 0. The maximum absolute atomic E-state index is 12.1. The highest BCUT2D eigenvalue weighted by atomic mass is 19.3. The van der Waals surface area contributed by atoms with Crippen LogP contribution in [0, 0.1) is 11.3 Å². The fraction of sp³-hybridized carbons (Fsp3) is 0.923. The maximum atomic E-state index is 12.1. The first-order valence-corrected chi connectivity index (χ1v) is 6.51. The first-order chi connectivity index (χ1) is 8.35. The van der Waals surface area contributed by atoms with Crippen molar-refractivity contribution in [2.75, 3.05) is 20.1 Å². The number of nitriles is 1. The standard InChI is InChI=1S/C13H25F2N3/c1-5-13(10-16,17-11(2)3)7-6-8-18(4)9-12(14)15/h11-12,17H,5-9H2,1-4H3. The zero-order valence-corrected chi connectivity index (χ0v) is 11.8. The summed E-state index contributed by atoms with van der Waals surface area (Å²) in [4.78, 5) is 1.61. The van der Waals surface area contributed by atoms with E-state index in [-0.39, 0.29) is 12.6 Å². The number of hydrogen-bond donors (Lipinski definition) is 1. The van der Waals surface area contributed by atoms with Crippen LogP contribution in [-0.2, 0) is 0 Å². The highest BCUT2D eigenvalue weighted by molar-refractivity contribution is 5.06. The van der Waals surface area contributed by atoms with Crippen LogP contribution in [0.5, 0.6) is 0 Å². The second-order valence-corrected chi connectivity index (χ2v) is 5.10. The van der Waals surface area contributed by atoms with Crippen LogP contribution in [0.15, 0.2) is 0 Å². The Labute approximate surface area is 109 Å². The predicted molar refractivity (Wildman–Crippen MR) is 69.6 cm³/mol. The molecular formula is C13H25F2N3. The summed E-state index contributed by atoms with van der Waals surface area (Å²) in [6.45, 7) is 6.37. The normalized spacial score (nSPS) is 15.1. The van der Waals surface area contributed by atoms with E-state index < -0.39 is 12.0 Å². The fourth-order valence-corrected chi connectivity index (χ4v) is 2.05. The van der Waals surface area contributed by atoms with Gasteiger partial charge in [0.2, 0.25) is 0 Å². The van der Waals surface area contributed by atoms with E-state index in [0.717, 1.165) is 12.8 Å². The molecule has 0 spiro atoms. The average Bonchev–Trinajstić information content (AvgIpc) is 2.26. The van der Waals surface area contributed by atoms with E-state index >= 15 is 0 Å². The number of hydrogen-bond acceptors (Lipinski definition) is 3. The maximum Gasteiger partial charge on any atom is 0.251 e. The molecule has 0 fully saturated rings. The van der Waals surface area contributed by atoms with E-state index in [9.17, 15) is 14.0 Å². The second-order valence-electron chi connectivity index (χ2n) is 5.10. The van der Waals surface area contributed by atoms with Crippen molar-refractivity contribution in [1.82, 2.24) is 10.2 Å². The largest absolute Gasteiger partial charge is 0.301 e. The van der Waals surface area contributed by atoms with Crippen molar-refractivity contribution in [2.24, 2.45) is 0 Å². The SMILES string of the molecule is CCC(C#N)(CCCN(C)CC(F)F)NC(C)C. The highest BCUT2D eigenvalue weighted by Gasteiger charge is 2.27. The molecule has 3 nitrogen and oxygen atoms in total. The Balaban J connectivity index is 4.17. The molecule has 0 saturated carbocycles. The lowest BCUT2D eigenvalue weighted by Gasteiger charge is -2.29. The van der Waals surface area contributed by atoms with Gasteiger partial charge in [0.25, 0.3) is 6.43 Å². The molecule has 0 aliphatic heterocycles. The molecule has 0 saturated heterocycles. The molecule has 0 bridgehead atoms. The quantitative estimate of drug-likeness (QED) is 0.693. The van der Waals surface area contributed by atoms with Crippen LogP contribution >= 0.6 is 0 Å². The molecule has 0 aromatic heterocycles. The number of rotatable bonds is 9. The molecule has 0 aliphatic rings. The van der Waals surface area contributed by atoms with Crippen molar-refractivity contribution in [3.8, 4) is 6.07 Å². The van der Waals surface area contributed by atoms with Gasteiger partial charge in [0, 0.05) is 6.04 Å². The number of halogens is 2. The molecule has 5 heteroatoms. The molecule has 0 aromatic rings. The fourth-order valence-electron chi connectivity index (χ4n) is 2.05. The summed E-state index contributed by atoms with van der Waals surface area (Å²) >= 11 is 0. The topological polar surface area (TPSA) is 39.1 Å². The summed E-state index contributed by atoms with van der Waals surface area (Å²) in [6, 6.07) is 2.57. The van der Waals surface area contributed by atoms with Gasteiger partial charge in [0.15, 0.2) is 0 Å². The Bertz CT molecular complexity index is 263. The Hall–Kier alpha value is -0.730. The molecule has 0 aliphatic carbocycles. The zero-order chi connectivity index (χ0) is 14.2. The summed E-state index contributed by atoms with van der Waals surface area (Å²) in [5, 5.41) is 12.6. The van der Waals surface area contributed by atoms with Gasteiger partial charge in [-0.2, -0.15) is 5.26 Å². The smallest absolute Gasteiger partial charge is 0.251 e. The average molecular weight is 261 g/mol. The van der Waals surface area contributed by atoms with Crippen molar-refractivity contribution >= 4 is 0 Å². The Morgan fingerprint density at radius 2 is 2.00 bits per heavy atom. The monoisotopic (exact) mass is 261 g/mol. The van der Waals surface area contributed by atoms with Gasteiger partial charge in [-0.1, -0.05) is 6.92 Å². The third kappa shape index (κ3) is 6.87. The minimum Gasteiger partial charge on any atom is -0.301 e. The van der Waals surface area contributed by atoms with Crippen LogP contribution in [0.2, 0.25) is 0 Å². The van der Waals surface area contributed by atoms with Gasteiger partial charge in [0.05, 0.1) is 12.6 Å². The number of nitrogens with zero attached hydrogens (tertiary/aromatic N) is 2. The van der Waals surface area contributed by atoms with Gasteiger partial charge in [-0.05, 0) is 46.7 Å². The van der Waals surface area contributed by atoms with Gasteiger partial charge in [0.1, 0.15) is 5.54 Å². The van der Waals surface area contributed by atoms with Crippen molar-refractivity contribution in [3.63, 3.8) is 0 Å². The van der Waals surface area contributed by atoms with Crippen LogP contribution in [0.1, 0.15) is 40.0 Å². The predicted octanol–water partition coefficient (Wildman–Crippen LogP) is 2.63. The van der Waals surface area contributed by atoms with E-state index in [1.165, 1.54) is 0 Å². The van der Waals surface area contributed by atoms with Crippen molar-refractivity contribution in [3.05, 3.63) is 0 Å². The molecule has 0 rings (SSSR count).